The van der Waals surface area contributed by atoms with Crippen molar-refractivity contribution in [3.8, 4) is 11.5 Å². The van der Waals surface area contributed by atoms with E-state index in [1.54, 1.807) is 7.11 Å². The van der Waals surface area contributed by atoms with E-state index in [1.165, 1.54) is 0 Å². The van der Waals surface area contributed by atoms with Crippen LogP contribution in [0.4, 0.5) is 0 Å². The highest BCUT2D eigenvalue weighted by Crippen LogP contribution is 2.34. The quantitative estimate of drug-likeness (QED) is 0.828. The van der Waals surface area contributed by atoms with Crippen LogP contribution in [0.25, 0.3) is 0 Å². The van der Waals surface area contributed by atoms with Crippen LogP contribution in [0.3, 0.4) is 0 Å². The molecule has 4 heteroatoms. The average Bonchev–Trinajstić information content (AvgIpc) is 2.44. The van der Waals surface area contributed by atoms with E-state index in [1.807, 2.05) is 18.2 Å². The summed E-state index contributed by atoms with van der Waals surface area (Å²) in [6.45, 7) is 3.41. The van der Waals surface area contributed by atoms with Crippen LogP contribution < -0.4 is 14.8 Å². The summed E-state index contributed by atoms with van der Waals surface area (Å²) in [5.41, 5.74) is 1.12. The second kappa shape index (κ2) is 6.78. The Bertz CT molecular complexity index is 408. The zero-order valence-corrected chi connectivity index (χ0v) is 11.7. The standard InChI is InChI=1S/C15H23NO3/c1-3-4-11(17)10-16-14-7-8-19-15-6-5-12(18-2)9-13(14)15/h5-6,9,11,14,16-17H,3-4,7-8,10H2,1-2H3. The Labute approximate surface area is 114 Å². The molecule has 0 aliphatic carbocycles. The van der Waals surface area contributed by atoms with Crippen molar-refractivity contribution >= 4 is 0 Å². The highest BCUT2D eigenvalue weighted by molar-refractivity contribution is 5.43. The van der Waals surface area contributed by atoms with Crippen LogP contribution >= 0.6 is 0 Å². The van der Waals surface area contributed by atoms with E-state index in [-0.39, 0.29) is 12.1 Å². The Morgan fingerprint density at radius 1 is 1.53 bits per heavy atom. The minimum absolute atomic E-state index is 0.227. The Kier molecular flexibility index (Phi) is 5.05. The number of ether oxygens (including phenoxy) is 2. The maximum absolute atomic E-state index is 9.81. The third kappa shape index (κ3) is 3.61. The number of hydrogen-bond acceptors (Lipinski definition) is 4. The summed E-state index contributed by atoms with van der Waals surface area (Å²) >= 11 is 0. The van der Waals surface area contributed by atoms with Gasteiger partial charge in [-0.2, -0.15) is 0 Å². The number of hydrogen-bond donors (Lipinski definition) is 2. The molecule has 1 heterocycles. The number of aliphatic hydroxyl groups excluding tert-OH is 1. The van der Waals surface area contributed by atoms with Gasteiger partial charge in [-0.3, -0.25) is 0 Å². The average molecular weight is 265 g/mol. The van der Waals surface area contributed by atoms with Gasteiger partial charge < -0.3 is 19.9 Å². The van der Waals surface area contributed by atoms with E-state index in [2.05, 4.69) is 12.2 Å². The van der Waals surface area contributed by atoms with Crippen LogP contribution in [-0.2, 0) is 0 Å². The van der Waals surface area contributed by atoms with Gasteiger partial charge in [-0.15, -0.1) is 0 Å². The zero-order valence-electron chi connectivity index (χ0n) is 11.7. The summed E-state index contributed by atoms with van der Waals surface area (Å²) in [6, 6.07) is 6.10. The highest BCUT2D eigenvalue weighted by Gasteiger charge is 2.22. The lowest BCUT2D eigenvalue weighted by Gasteiger charge is -2.28. The van der Waals surface area contributed by atoms with E-state index in [4.69, 9.17) is 9.47 Å². The maximum Gasteiger partial charge on any atom is 0.124 e. The molecule has 1 aliphatic rings. The molecule has 0 fully saturated rings. The normalized spacial score (nSPS) is 19.4. The van der Waals surface area contributed by atoms with Crippen molar-refractivity contribution in [1.29, 1.82) is 0 Å². The Morgan fingerprint density at radius 2 is 2.37 bits per heavy atom. The molecule has 0 amide bonds. The van der Waals surface area contributed by atoms with Gasteiger partial charge >= 0.3 is 0 Å². The molecule has 0 spiro atoms. The minimum Gasteiger partial charge on any atom is -0.497 e. The molecule has 1 aromatic rings. The Morgan fingerprint density at radius 3 is 3.11 bits per heavy atom. The molecule has 106 valence electrons. The Hall–Kier alpha value is -1.26. The van der Waals surface area contributed by atoms with Crippen molar-refractivity contribution < 1.29 is 14.6 Å². The first-order valence-corrected chi connectivity index (χ1v) is 6.96. The zero-order chi connectivity index (χ0) is 13.7. The van der Waals surface area contributed by atoms with Gasteiger partial charge in [0.15, 0.2) is 0 Å². The second-order valence-corrected chi connectivity index (χ2v) is 4.94. The summed E-state index contributed by atoms with van der Waals surface area (Å²) < 4.78 is 10.9. The lowest BCUT2D eigenvalue weighted by atomic mass is 10.00. The summed E-state index contributed by atoms with van der Waals surface area (Å²) in [6.07, 6.45) is 2.48. The molecule has 2 N–H and O–H groups in total. The molecule has 0 aromatic heterocycles. The molecule has 2 unspecified atom stereocenters. The van der Waals surface area contributed by atoms with Gasteiger partial charge in [0.25, 0.3) is 0 Å². The predicted molar refractivity (Wildman–Crippen MR) is 74.8 cm³/mol. The van der Waals surface area contributed by atoms with Gasteiger partial charge in [0.05, 0.1) is 19.8 Å². The molecular formula is C15H23NO3. The van der Waals surface area contributed by atoms with Crippen LogP contribution in [0.5, 0.6) is 11.5 Å². The molecular weight excluding hydrogens is 242 g/mol. The van der Waals surface area contributed by atoms with Crippen LogP contribution in [0.15, 0.2) is 18.2 Å². The van der Waals surface area contributed by atoms with Crippen LogP contribution in [0.1, 0.15) is 37.8 Å². The smallest absolute Gasteiger partial charge is 0.124 e. The van der Waals surface area contributed by atoms with Crippen LogP contribution in [0, 0.1) is 0 Å². The SMILES string of the molecule is CCCC(O)CNC1CCOc2ccc(OC)cc21. The van der Waals surface area contributed by atoms with Crippen molar-refractivity contribution in [3.05, 3.63) is 23.8 Å². The number of methoxy groups -OCH3 is 1. The van der Waals surface area contributed by atoms with E-state index in [0.717, 1.165) is 36.3 Å². The van der Waals surface area contributed by atoms with Crippen molar-refractivity contribution in [1.82, 2.24) is 5.32 Å². The van der Waals surface area contributed by atoms with Crippen molar-refractivity contribution in [3.63, 3.8) is 0 Å². The third-order valence-electron chi connectivity index (χ3n) is 3.48. The van der Waals surface area contributed by atoms with Gasteiger partial charge in [-0.05, 0) is 24.6 Å². The fourth-order valence-corrected chi connectivity index (χ4v) is 2.43. The molecule has 19 heavy (non-hydrogen) atoms. The summed E-state index contributed by atoms with van der Waals surface area (Å²) in [5, 5.41) is 13.2. The topological polar surface area (TPSA) is 50.7 Å². The van der Waals surface area contributed by atoms with Crippen molar-refractivity contribution in [2.24, 2.45) is 0 Å². The third-order valence-corrected chi connectivity index (χ3v) is 3.48. The summed E-state index contributed by atoms with van der Waals surface area (Å²) in [7, 11) is 1.67. The molecule has 0 radical (unpaired) electrons. The predicted octanol–water partition coefficient (Wildman–Crippen LogP) is 2.27. The summed E-state index contributed by atoms with van der Waals surface area (Å²) in [4.78, 5) is 0. The van der Waals surface area contributed by atoms with Gasteiger partial charge in [0.1, 0.15) is 11.5 Å². The van der Waals surface area contributed by atoms with E-state index >= 15 is 0 Å². The lowest BCUT2D eigenvalue weighted by Crippen LogP contribution is -2.33. The van der Waals surface area contributed by atoms with Gasteiger partial charge in [0, 0.05) is 24.6 Å². The number of aliphatic hydroxyl groups is 1. The first kappa shape index (κ1) is 14.2. The van der Waals surface area contributed by atoms with Gasteiger partial charge in [0.2, 0.25) is 0 Å². The number of nitrogens with one attached hydrogen (secondary N) is 1. The molecule has 2 atom stereocenters. The van der Waals surface area contributed by atoms with E-state index < -0.39 is 0 Å². The molecule has 1 aliphatic heterocycles. The Balaban J connectivity index is 2.04. The lowest BCUT2D eigenvalue weighted by molar-refractivity contribution is 0.150. The number of benzene rings is 1. The maximum atomic E-state index is 9.81. The second-order valence-electron chi connectivity index (χ2n) is 4.94. The van der Waals surface area contributed by atoms with E-state index in [9.17, 15) is 5.11 Å². The van der Waals surface area contributed by atoms with E-state index in [0.29, 0.717) is 13.2 Å². The molecule has 0 bridgehead atoms. The van der Waals surface area contributed by atoms with Gasteiger partial charge in [-0.1, -0.05) is 13.3 Å². The molecule has 0 saturated heterocycles. The largest absolute Gasteiger partial charge is 0.497 e. The fraction of sp³-hybridized carbons (Fsp3) is 0.600. The monoisotopic (exact) mass is 265 g/mol. The fourth-order valence-electron chi connectivity index (χ4n) is 2.43. The summed E-state index contributed by atoms with van der Waals surface area (Å²) in [5.74, 6) is 1.75. The number of rotatable bonds is 6. The molecule has 2 rings (SSSR count). The highest BCUT2D eigenvalue weighted by atomic mass is 16.5. The van der Waals surface area contributed by atoms with Crippen LogP contribution in [0.2, 0.25) is 0 Å². The molecule has 1 aromatic carbocycles. The van der Waals surface area contributed by atoms with Crippen molar-refractivity contribution in [2.45, 2.75) is 38.3 Å². The van der Waals surface area contributed by atoms with Crippen molar-refractivity contribution in [2.75, 3.05) is 20.3 Å². The first-order chi connectivity index (χ1) is 9.24. The minimum atomic E-state index is -0.276. The molecule has 0 saturated carbocycles. The van der Waals surface area contributed by atoms with Gasteiger partial charge in [-0.25, -0.2) is 0 Å². The van der Waals surface area contributed by atoms with Crippen LogP contribution in [-0.4, -0.2) is 31.5 Å². The number of fused-ring (bicyclic) bond motifs is 1. The molecule has 4 nitrogen and oxygen atoms in total. The first-order valence-electron chi connectivity index (χ1n) is 6.96.